The molecule has 32 heavy (non-hydrogen) atoms. The number of phenolic OH excluding ortho intramolecular Hbond substituents is 1. The molecule has 1 heterocycles. The maximum atomic E-state index is 13.6. The number of aromatic hydroxyl groups is 1. The van der Waals surface area contributed by atoms with Crippen LogP contribution in [0, 0.1) is 5.82 Å². The van der Waals surface area contributed by atoms with Gasteiger partial charge in [0.1, 0.15) is 11.6 Å². The van der Waals surface area contributed by atoms with E-state index >= 15 is 0 Å². The molecule has 0 aliphatic carbocycles. The van der Waals surface area contributed by atoms with Crippen molar-refractivity contribution in [3.63, 3.8) is 0 Å². The van der Waals surface area contributed by atoms with Gasteiger partial charge in [0.05, 0.1) is 30.0 Å². The number of hydrogen-bond donors (Lipinski definition) is 3. The average molecular weight is 436 g/mol. The van der Waals surface area contributed by atoms with Crippen molar-refractivity contribution in [3.8, 4) is 16.9 Å². The molecular formula is C24H21FN2O5. The highest BCUT2D eigenvalue weighted by Gasteiger charge is 2.19. The fraction of sp³-hybridized carbons (Fsp3) is 0.167. The Balaban J connectivity index is 1.66. The van der Waals surface area contributed by atoms with Gasteiger partial charge in [-0.15, -0.1) is 0 Å². The van der Waals surface area contributed by atoms with E-state index in [9.17, 15) is 24.2 Å². The standard InChI is InChI=1S/C24H21FN2O5/c25-17-3-1-2-15(12-17)16-4-6-19(24(30)31)21(13-16)26-23(29)20-14-18(5-7-22(20)28)27-8-10-32-11-9-27/h1-7,12-14,28H,8-11H2,(H,26,29)(H,30,31). The Bertz CT molecular complexity index is 1170. The number of benzene rings is 3. The minimum absolute atomic E-state index is 0.0153. The monoisotopic (exact) mass is 436 g/mol. The summed E-state index contributed by atoms with van der Waals surface area (Å²) in [5.74, 6) is -2.54. The number of aromatic carboxylic acids is 1. The summed E-state index contributed by atoms with van der Waals surface area (Å²) in [6.07, 6.45) is 0. The van der Waals surface area contributed by atoms with Crippen molar-refractivity contribution in [3.05, 3.63) is 77.6 Å². The number of carboxylic acid groups (broad SMARTS) is 1. The smallest absolute Gasteiger partial charge is 0.337 e. The van der Waals surface area contributed by atoms with Gasteiger partial charge in [-0.05, 0) is 53.6 Å². The Labute approximate surface area is 183 Å². The summed E-state index contributed by atoms with van der Waals surface area (Å²) in [5.41, 5.74) is 1.76. The van der Waals surface area contributed by atoms with Crippen LogP contribution in [0.5, 0.6) is 5.75 Å². The quantitative estimate of drug-likeness (QED) is 0.560. The number of morpholine rings is 1. The number of carbonyl (C=O) groups excluding carboxylic acids is 1. The molecule has 1 aliphatic rings. The van der Waals surface area contributed by atoms with Crippen LogP contribution in [-0.2, 0) is 4.74 Å². The molecule has 0 radical (unpaired) electrons. The first-order valence-electron chi connectivity index (χ1n) is 10.0. The molecule has 0 unspecified atom stereocenters. The molecule has 3 aromatic rings. The molecule has 1 saturated heterocycles. The SMILES string of the molecule is O=C(Nc1cc(-c2cccc(F)c2)ccc1C(=O)O)c1cc(N2CCOCC2)ccc1O. The van der Waals surface area contributed by atoms with Gasteiger partial charge in [-0.1, -0.05) is 18.2 Å². The molecule has 164 valence electrons. The second-order valence-electron chi connectivity index (χ2n) is 7.33. The van der Waals surface area contributed by atoms with Crippen LogP contribution in [0.4, 0.5) is 15.8 Å². The number of ether oxygens (including phenoxy) is 1. The molecule has 0 bridgehead atoms. The van der Waals surface area contributed by atoms with Crippen LogP contribution >= 0.6 is 0 Å². The van der Waals surface area contributed by atoms with Crippen LogP contribution in [0.15, 0.2) is 60.7 Å². The van der Waals surface area contributed by atoms with Gasteiger partial charge >= 0.3 is 5.97 Å². The summed E-state index contributed by atoms with van der Waals surface area (Å²) in [4.78, 5) is 26.7. The van der Waals surface area contributed by atoms with Crippen molar-refractivity contribution in [2.24, 2.45) is 0 Å². The molecule has 0 aromatic heterocycles. The minimum atomic E-state index is -1.22. The van der Waals surface area contributed by atoms with Crippen molar-refractivity contribution < 1.29 is 28.9 Å². The zero-order valence-corrected chi connectivity index (χ0v) is 17.0. The second-order valence-corrected chi connectivity index (χ2v) is 7.33. The minimum Gasteiger partial charge on any atom is -0.507 e. The molecular weight excluding hydrogens is 415 g/mol. The molecule has 0 atom stereocenters. The summed E-state index contributed by atoms with van der Waals surface area (Å²) < 4.78 is 19.0. The van der Waals surface area contributed by atoms with Crippen molar-refractivity contribution in [2.75, 3.05) is 36.5 Å². The maximum Gasteiger partial charge on any atom is 0.337 e. The van der Waals surface area contributed by atoms with Gasteiger partial charge < -0.3 is 25.2 Å². The molecule has 3 aromatic carbocycles. The lowest BCUT2D eigenvalue weighted by atomic mass is 10.0. The highest BCUT2D eigenvalue weighted by Crippen LogP contribution is 2.29. The number of carboxylic acids is 1. The van der Waals surface area contributed by atoms with E-state index in [0.29, 0.717) is 37.4 Å². The highest BCUT2D eigenvalue weighted by atomic mass is 19.1. The fourth-order valence-corrected chi connectivity index (χ4v) is 3.60. The number of amides is 1. The summed E-state index contributed by atoms with van der Waals surface area (Å²) in [6.45, 7) is 2.45. The van der Waals surface area contributed by atoms with Gasteiger partial charge in [-0.2, -0.15) is 0 Å². The molecule has 8 heteroatoms. The van der Waals surface area contributed by atoms with Crippen molar-refractivity contribution >= 4 is 23.3 Å². The van der Waals surface area contributed by atoms with Gasteiger partial charge in [-0.3, -0.25) is 4.79 Å². The Hall–Kier alpha value is -3.91. The first-order chi connectivity index (χ1) is 15.4. The lowest BCUT2D eigenvalue weighted by Gasteiger charge is -2.29. The molecule has 1 aliphatic heterocycles. The highest BCUT2D eigenvalue weighted by molar-refractivity contribution is 6.10. The summed E-state index contributed by atoms with van der Waals surface area (Å²) in [5, 5.41) is 22.4. The third-order valence-corrected chi connectivity index (χ3v) is 5.26. The van der Waals surface area contributed by atoms with Crippen LogP contribution in [0.2, 0.25) is 0 Å². The van der Waals surface area contributed by atoms with E-state index in [-0.39, 0.29) is 22.6 Å². The van der Waals surface area contributed by atoms with Gasteiger partial charge in [0.2, 0.25) is 0 Å². The van der Waals surface area contributed by atoms with Gasteiger partial charge in [0, 0.05) is 18.8 Å². The lowest BCUT2D eigenvalue weighted by Crippen LogP contribution is -2.36. The summed E-state index contributed by atoms with van der Waals surface area (Å²) in [6, 6.07) is 14.9. The van der Waals surface area contributed by atoms with E-state index in [1.165, 1.54) is 30.3 Å². The van der Waals surface area contributed by atoms with E-state index in [1.807, 2.05) is 4.90 Å². The first kappa shape index (κ1) is 21.3. The molecule has 3 N–H and O–H groups in total. The lowest BCUT2D eigenvalue weighted by molar-refractivity contribution is 0.0698. The van der Waals surface area contributed by atoms with Crippen LogP contribution in [-0.4, -0.2) is 48.4 Å². The first-order valence-corrected chi connectivity index (χ1v) is 10.0. The van der Waals surface area contributed by atoms with Crippen molar-refractivity contribution in [2.45, 2.75) is 0 Å². The zero-order valence-electron chi connectivity index (χ0n) is 17.0. The van der Waals surface area contributed by atoms with Gasteiger partial charge in [-0.25, -0.2) is 9.18 Å². The molecule has 0 spiro atoms. The molecule has 1 amide bonds. The molecule has 7 nitrogen and oxygen atoms in total. The topological polar surface area (TPSA) is 99.1 Å². The number of rotatable bonds is 5. The van der Waals surface area contributed by atoms with E-state index in [4.69, 9.17) is 4.74 Å². The molecule has 4 rings (SSSR count). The normalized spacial score (nSPS) is 13.6. The van der Waals surface area contributed by atoms with Crippen LogP contribution in [0.1, 0.15) is 20.7 Å². The number of halogens is 1. The third-order valence-electron chi connectivity index (χ3n) is 5.26. The number of carbonyl (C=O) groups is 2. The second kappa shape index (κ2) is 9.07. The Morgan fingerprint density at radius 1 is 0.938 bits per heavy atom. The van der Waals surface area contributed by atoms with E-state index in [0.717, 1.165) is 5.69 Å². The fourth-order valence-electron chi connectivity index (χ4n) is 3.60. The van der Waals surface area contributed by atoms with Crippen LogP contribution in [0.3, 0.4) is 0 Å². The summed E-state index contributed by atoms with van der Waals surface area (Å²) >= 11 is 0. The van der Waals surface area contributed by atoms with Crippen molar-refractivity contribution in [1.29, 1.82) is 0 Å². The predicted molar refractivity (Wildman–Crippen MR) is 118 cm³/mol. The van der Waals surface area contributed by atoms with E-state index < -0.39 is 17.7 Å². The number of nitrogens with zero attached hydrogens (tertiary/aromatic N) is 1. The number of anilines is 2. The average Bonchev–Trinajstić information content (AvgIpc) is 2.79. The third kappa shape index (κ3) is 4.55. The van der Waals surface area contributed by atoms with Crippen LogP contribution in [0.25, 0.3) is 11.1 Å². The van der Waals surface area contributed by atoms with E-state index in [1.54, 1.807) is 30.3 Å². The van der Waals surface area contributed by atoms with E-state index in [2.05, 4.69) is 5.32 Å². The predicted octanol–water partition coefficient (Wildman–Crippen LogP) is 3.99. The Morgan fingerprint density at radius 2 is 1.69 bits per heavy atom. The molecule has 1 fully saturated rings. The number of nitrogens with one attached hydrogen (secondary N) is 1. The summed E-state index contributed by atoms with van der Waals surface area (Å²) in [7, 11) is 0. The maximum absolute atomic E-state index is 13.6. The van der Waals surface area contributed by atoms with Gasteiger partial charge in [0.25, 0.3) is 5.91 Å². The Kier molecular flexibility index (Phi) is 6.04. The van der Waals surface area contributed by atoms with Crippen molar-refractivity contribution in [1.82, 2.24) is 0 Å². The number of hydrogen-bond acceptors (Lipinski definition) is 5. The number of phenols is 1. The zero-order chi connectivity index (χ0) is 22.7. The largest absolute Gasteiger partial charge is 0.507 e. The molecule has 0 saturated carbocycles. The van der Waals surface area contributed by atoms with Gasteiger partial charge in [0.15, 0.2) is 0 Å². The van der Waals surface area contributed by atoms with Crippen LogP contribution < -0.4 is 10.2 Å². The Morgan fingerprint density at radius 3 is 2.41 bits per heavy atom.